The summed E-state index contributed by atoms with van der Waals surface area (Å²) in [6.45, 7) is 4.11. The monoisotopic (exact) mass is 313 g/mol. The van der Waals surface area contributed by atoms with E-state index >= 15 is 0 Å². The number of nitro benzene ring substituents is 1. The van der Waals surface area contributed by atoms with Crippen LogP contribution in [0.4, 0.5) is 11.4 Å². The summed E-state index contributed by atoms with van der Waals surface area (Å²) >= 11 is 0. The van der Waals surface area contributed by atoms with Gasteiger partial charge < -0.3 is 5.73 Å². The molecule has 0 radical (unpaired) electrons. The average molecular weight is 313 g/mol. The molecule has 8 heteroatoms. The molecular weight excluding hydrogens is 294 g/mol. The lowest BCUT2D eigenvalue weighted by atomic mass is 10.3. The third kappa shape index (κ3) is 3.33. The predicted molar refractivity (Wildman–Crippen MR) is 79.3 cm³/mol. The van der Waals surface area contributed by atoms with E-state index in [0.717, 1.165) is 25.0 Å². The van der Waals surface area contributed by atoms with Crippen LogP contribution < -0.4 is 5.73 Å². The number of hydrogen-bond donors (Lipinski definition) is 1. The summed E-state index contributed by atoms with van der Waals surface area (Å²) in [5, 5.41) is 10.7. The fourth-order valence-corrected chi connectivity index (χ4v) is 3.88. The van der Waals surface area contributed by atoms with Gasteiger partial charge in [-0.05, 0) is 44.7 Å². The molecular formula is C13H19N3O4S. The molecule has 116 valence electrons. The number of anilines is 1. The second kappa shape index (κ2) is 5.61. The van der Waals surface area contributed by atoms with Crippen molar-refractivity contribution in [3.05, 3.63) is 28.3 Å². The van der Waals surface area contributed by atoms with Gasteiger partial charge in [-0.15, -0.1) is 0 Å². The van der Waals surface area contributed by atoms with Gasteiger partial charge >= 0.3 is 0 Å². The van der Waals surface area contributed by atoms with Crippen molar-refractivity contribution in [2.75, 3.05) is 12.3 Å². The van der Waals surface area contributed by atoms with E-state index in [2.05, 4.69) is 0 Å². The van der Waals surface area contributed by atoms with E-state index in [1.807, 2.05) is 13.8 Å². The Kier molecular flexibility index (Phi) is 4.20. The number of rotatable bonds is 6. The first-order chi connectivity index (χ1) is 9.73. The van der Waals surface area contributed by atoms with Crippen molar-refractivity contribution < 1.29 is 13.3 Å². The first-order valence-corrected chi connectivity index (χ1v) is 8.23. The molecule has 0 amide bonds. The highest BCUT2D eigenvalue weighted by Crippen LogP contribution is 2.33. The summed E-state index contributed by atoms with van der Waals surface area (Å²) in [7, 11) is -3.69. The molecule has 2 N–H and O–H groups in total. The van der Waals surface area contributed by atoms with Crippen LogP contribution in [0.2, 0.25) is 0 Å². The number of nitrogen functional groups attached to an aromatic ring is 1. The Hall–Kier alpha value is -1.67. The molecule has 21 heavy (non-hydrogen) atoms. The van der Waals surface area contributed by atoms with Crippen LogP contribution in [0.5, 0.6) is 0 Å². The Morgan fingerprint density at radius 2 is 2.05 bits per heavy atom. The minimum absolute atomic E-state index is 0.0000463. The SMILES string of the molecule is CC(C)N(CC1CC1)S(=O)(=O)c1ccc([N+](=O)[O-])c(N)c1. The second-order valence-corrected chi connectivity index (χ2v) is 7.48. The summed E-state index contributed by atoms with van der Waals surface area (Å²) in [6, 6.07) is 3.37. The minimum atomic E-state index is -3.69. The van der Waals surface area contributed by atoms with Crippen molar-refractivity contribution in [3.63, 3.8) is 0 Å². The van der Waals surface area contributed by atoms with Crippen molar-refractivity contribution in [3.8, 4) is 0 Å². The number of hydrogen-bond acceptors (Lipinski definition) is 5. The van der Waals surface area contributed by atoms with Gasteiger partial charge in [0.15, 0.2) is 0 Å². The van der Waals surface area contributed by atoms with Gasteiger partial charge in [0.05, 0.1) is 9.82 Å². The normalized spacial score (nSPS) is 15.6. The van der Waals surface area contributed by atoms with E-state index in [9.17, 15) is 18.5 Å². The first kappa shape index (κ1) is 15.7. The Morgan fingerprint density at radius 1 is 1.43 bits per heavy atom. The maximum absolute atomic E-state index is 12.7. The zero-order valence-corrected chi connectivity index (χ0v) is 12.8. The summed E-state index contributed by atoms with van der Waals surface area (Å²) in [5.41, 5.74) is 5.16. The van der Waals surface area contributed by atoms with Gasteiger partial charge in [0.1, 0.15) is 5.69 Å². The molecule has 1 aromatic rings. The van der Waals surface area contributed by atoms with Crippen LogP contribution in [0.15, 0.2) is 23.1 Å². The quantitative estimate of drug-likeness (QED) is 0.491. The van der Waals surface area contributed by atoms with Crippen molar-refractivity contribution >= 4 is 21.4 Å². The number of nitrogens with two attached hydrogens (primary N) is 1. The van der Waals surface area contributed by atoms with Gasteiger partial charge in [0.2, 0.25) is 10.0 Å². The molecule has 0 spiro atoms. The standard InChI is InChI=1S/C13H19N3O4S/c1-9(2)15(8-10-3-4-10)21(19,20)11-5-6-13(16(17)18)12(14)7-11/h5-7,9-10H,3-4,8,14H2,1-2H3. The van der Waals surface area contributed by atoms with Crippen molar-refractivity contribution in [1.29, 1.82) is 0 Å². The molecule has 0 heterocycles. The number of nitro groups is 1. The highest BCUT2D eigenvalue weighted by molar-refractivity contribution is 7.89. The van der Waals surface area contributed by atoms with E-state index in [4.69, 9.17) is 5.73 Å². The van der Waals surface area contributed by atoms with E-state index in [1.165, 1.54) is 10.4 Å². The molecule has 1 saturated carbocycles. The van der Waals surface area contributed by atoms with Crippen molar-refractivity contribution in [2.24, 2.45) is 5.92 Å². The average Bonchev–Trinajstić information content (AvgIpc) is 3.18. The Labute approximate surface area is 123 Å². The molecule has 0 unspecified atom stereocenters. The van der Waals surface area contributed by atoms with Gasteiger partial charge in [-0.25, -0.2) is 8.42 Å². The molecule has 0 aromatic heterocycles. The highest BCUT2D eigenvalue weighted by Gasteiger charge is 2.33. The first-order valence-electron chi connectivity index (χ1n) is 6.79. The number of nitrogens with zero attached hydrogens (tertiary/aromatic N) is 2. The zero-order chi connectivity index (χ0) is 15.8. The minimum Gasteiger partial charge on any atom is -0.393 e. The van der Waals surface area contributed by atoms with Crippen molar-refractivity contribution in [1.82, 2.24) is 4.31 Å². The molecule has 1 fully saturated rings. The molecule has 7 nitrogen and oxygen atoms in total. The maximum atomic E-state index is 12.7. The summed E-state index contributed by atoms with van der Waals surface area (Å²) < 4.78 is 26.8. The molecule has 0 aliphatic heterocycles. The molecule has 0 atom stereocenters. The number of sulfonamides is 1. The van der Waals surface area contributed by atoms with E-state index < -0.39 is 14.9 Å². The maximum Gasteiger partial charge on any atom is 0.292 e. The Balaban J connectivity index is 2.37. The van der Waals surface area contributed by atoms with Gasteiger partial charge in [0.25, 0.3) is 5.69 Å². The van der Waals surface area contributed by atoms with Gasteiger partial charge in [-0.2, -0.15) is 4.31 Å². The van der Waals surface area contributed by atoms with Gasteiger partial charge in [0, 0.05) is 18.7 Å². The third-order valence-electron chi connectivity index (χ3n) is 3.51. The zero-order valence-electron chi connectivity index (χ0n) is 12.0. The number of benzene rings is 1. The van der Waals surface area contributed by atoms with Crippen LogP contribution in [0.1, 0.15) is 26.7 Å². The lowest BCUT2D eigenvalue weighted by Gasteiger charge is -2.26. The van der Waals surface area contributed by atoms with Crippen LogP contribution in [0.25, 0.3) is 0 Å². The summed E-state index contributed by atoms with van der Waals surface area (Å²) in [6.07, 6.45) is 2.09. The molecule has 2 rings (SSSR count). The van der Waals surface area contributed by atoms with E-state index in [1.54, 1.807) is 0 Å². The van der Waals surface area contributed by atoms with E-state index in [-0.39, 0.29) is 22.3 Å². The van der Waals surface area contributed by atoms with Crippen LogP contribution >= 0.6 is 0 Å². The highest BCUT2D eigenvalue weighted by atomic mass is 32.2. The van der Waals surface area contributed by atoms with E-state index in [0.29, 0.717) is 12.5 Å². The fraction of sp³-hybridized carbons (Fsp3) is 0.538. The van der Waals surface area contributed by atoms with Gasteiger partial charge in [-0.3, -0.25) is 10.1 Å². The van der Waals surface area contributed by atoms with Crippen LogP contribution in [-0.4, -0.2) is 30.2 Å². The third-order valence-corrected chi connectivity index (χ3v) is 5.55. The Morgan fingerprint density at radius 3 is 2.48 bits per heavy atom. The Bertz CT molecular complexity index is 653. The van der Waals surface area contributed by atoms with Crippen LogP contribution in [0, 0.1) is 16.0 Å². The predicted octanol–water partition coefficient (Wildman–Crippen LogP) is 1.99. The van der Waals surface area contributed by atoms with Gasteiger partial charge in [-0.1, -0.05) is 0 Å². The lowest BCUT2D eigenvalue weighted by Crippen LogP contribution is -2.38. The van der Waals surface area contributed by atoms with Crippen molar-refractivity contribution in [2.45, 2.75) is 37.6 Å². The van der Waals surface area contributed by atoms with Crippen LogP contribution in [-0.2, 0) is 10.0 Å². The molecule has 1 aliphatic rings. The second-order valence-electron chi connectivity index (χ2n) is 5.59. The largest absolute Gasteiger partial charge is 0.393 e. The summed E-state index contributed by atoms with van der Waals surface area (Å²) in [5.74, 6) is 0.414. The molecule has 0 bridgehead atoms. The fourth-order valence-electron chi connectivity index (χ4n) is 2.14. The lowest BCUT2D eigenvalue weighted by molar-refractivity contribution is -0.383. The smallest absolute Gasteiger partial charge is 0.292 e. The molecule has 1 aromatic carbocycles. The topological polar surface area (TPSA) is 107 Å². The molecule has 0 saturated heterocycles. The summed E-state index contributed by atoms with van der Waals surface area (Å²) in [4.78, 5) is 10.1. The molecule has 1 aliphatic carbocycles. The van der Waals surface area contributed by atoms with Crippen LogP contribution in [0.3, 0.4) is 0 Å².